The Morgan fingerprint density at radius 2 is 1.76 bits per heavy atom. The predicted octanol–water partition coefficient (Wildman–Crippen LogP) is 5.43. The van der Waals surface area contributed by atoms with Crippen LogP contribution in [0.2, 0.25) is 5.02 Å². The van der Waals surface area contributed by atoms with Gasteiger partial charge in [-0.2, -0.15) is 0 Å². The van der Waals surface area contributed by atoms with Gasteiger partial charge >= 0.3 is 6.03 Å². The summed E-state index contributed by atoms with van der Waals surface area (Å²) in [7, 11) is 0. The van der Waals surface area contributed by atoms with Gasteiger partial charge in [-0.05, 0) is 55.0 Å². The lowest BCUT2D eigenvalue weighted by Gasteiger charge is -2.11. The van der Waals surface area contributed by atoms with Crippen LogP contribution in [0.25, 0.3) is 0 Å². The third-order valence-corrected chi connectivity index (χ3v) is 3.74. The van der Waals surface area contributed by atoms with E-state index in [9.17, 15) is 4.79 Å². The number of nitrogens with one attached hydrogen (secondary N) is 3. The maximum absolute atomic E-state index is 11.9. The average molecular weight is 353 g/mol. The number of amides is 2. The third kappa shape index (κ3) is 4.71. The molecule has 0 radical (unpaired) electrons. The zero-order valence-electron chi connectivity index (χ0n) is 13.6. The van der Waals surface area contributed by atoms with Gasteiger partial charge in [0.1, 0.15) is 5.82 Å². The standard InChI is InChI=1S/C19H17ClN4O/c1-13-11-14(20)7-9-17(13)22-16-8-10-18(21-12-16)24-19(25)23-15-5-3-2-4-6-15/h2-12,22H,1H3,(H2,21,23,24,25). The van der Waals surface area contributed by atoms with Crippen LogP contribution in [0.5, 0.6) is 0 Å². The van der Waals surface area contributed by atoms with Crippen LogP contribution in [0.15, 0.2) is 66.9 Å². The first-order valence-corrected chi connectivity index (χ1v) is 8.10. The molecule has 5 nitrogen and oxygen atoms in total. The number of nitrogens with zero attached hydrogens (tertiary/aromatic N) is 1. The van der Waals surface area contributed by atoms with Crippen molar-refractivity contribution in [3.05, 3.63) is 77.4 Å². The molecule has 3 N–H and O–H groups in total. The molecule has 6 heteroatoms. The predicted molar refractivity (Wildman–Crippen MR) is 103 cm³/mol. The topological polar surface area (TPSA) is 66.0 Å². The highest BCUT2D eigenvalue weighted by atomic mass is 35.5. The summed E-state index contributed by atoms with van der Waals surface area (Å²) in [6.45, 7) is 1.98. The van der Waals surface area contributed by atoms with Gasteiger partial charge in [0.2, 0.25) is 0 Å². The fraction of sp³-hybridized carbons (Fsp3) is 0.0526. The zero-order chi connectivity index (χ0) is 17.6. The molecule has 0 saturated carbocycles. The summed E-state index contributed by atoms with van der Waals surface area (Å²) in [5.41, 5.74) is 3.53. The summed E-state index contributed by atoms with van der Waals surface area (Å²) in [5, 5.41) is 9.40. The van der Waals surface area contributed by atoms with Gasteiger partial charge < -0.3 is 10.6 Å². The molecule has 1 aromatic heterocycles. The summed E-state index contributed by atoms with van der Waals surface area (Å²) in [6, 6.07) is 18.1. The first-order valence-electron chi connectivity index (χ1n) is 7.72. The summed E-state index contributed by atoms with van der Waals surface area (Å²) in [5.74, 6) is 0.465. The van der Waals surface area contributed by atoms with E-state index in [0.717, 1.165) is 22.6 Å². The van der Waals surface area contributed by atoms with Crippen molar-refractivity contribution in [1.29, 1.82) is 0 Å². The number of pyridine rings is 1. The van der Waals surface area contributed by atoms with Crippen molar-refractivity contribution in [2.24, 2.45) is 0 Å². The van der Waals surface area contributed by atoms with E-state index in [2.05, 4.69) is 20.9 Å². The Labute approximate surface area is 151 Å². The van der Waals surface area contributed by atoms with E-state index in [0.29, 0.717) is 10.8 Å². The van der Waals surface area contributed by atoms with Gasteiger partial charge in [0, 0.05) is 16.4 Å². The Balaban J connectivity index is 1.61. The van der Waals surface area contributed by atoms with Crippen molar-refractivity contribution in [2.75, 3.05) is 16.0 Å². The highest BCUT2D eigenvalue weighted by Crippen LogP contribution is 2.23. The molecular weight excluding hydrogens is 336 g/mol. The van der Waals surface area contributed by atoms with Crippen molar-refractivity contribution in [2.45, 2.75) is 6.92 Å². The molecule has 0 atom stereocenters. The summed E-state index contributed by atoms with van der Waals surface area (Å²) in [6.07, 6.45) is 1.66. The van der Waals surface area contributed by atoms with Crippen LogP contribution in [-0.2, 0) is 0 Å². The third-order valence-electron chi connectivity index (χ3n) is 3.50. The van der Waals surface area contributed by atoms with Gasteiger partial charge in [0.15, 0.2) is 0 Å². The minimum Gasteiger partial charge on any atom is -0.354 e. The number of carbonyl (C=O) groups is 1. The maximum Gasteiger partial charge on any atom is 0.324 e. The second-order valence-electron chi connectivity index (χ2n) is 5.46. The molecule has 0 spiro atoms. The van der Waals surface area contributed by atoms with Crippen LogP contribution in [0.3, 0.4) is 0 Å². The summed E-state index contributed by atoms with van der Waals surface area (Å²) in [4.78, 5) is 16.2. The van der Waals surface area contributed by atoms with E-state index in [1.807, 2.05) is 61.5 Å². The molecule has 0 saturated heterocycles. The van der Waals surface area contributed by atoms with Gasteiger partial charge in [-0.3, -0.25) is 5.32 Å². The van der Waals surface area contributed by atoms with Crippen LogP contribution in [-0.4, -0.2) is 11.0 Å². The molecule has 1 heterocycles. The second kappa shape index (κ2) is 7.68. The SMILES string of the molecule is Cc1cc(Cl)ccc1Nc1ccc(NC(=O)Nc2ccccc2)nc1. The molecule has 2 amide bonds. The number of aryl methyl sites for hydroxylation is 1. The van der Waals surface area contributed by atoms with Gasteiger partial charge in [0.25, 0.3) is 0 Å². The van der Waals surface area contributed by atoms with Crippen LogP contribution in [0.1, 0.15) is 5.56 Å². The first-order chi connectivity index (χ1) is 12.1. The molecular formula is C19H17ClN4O. The largest absolute Gasteiger partial charge is 0.354 e. The minimum absolute atomic E-state index is 0.340. The van der Waals surface area contributed by atoms with Gasteiger partial charge in [-0.1, -0.05) is 29.8 Å². The zero-order valence-corrected chi connectivity index (χ0v) is 14.3. The number of hydrogen-bond donors (Lipinski definition) is 3. The maximum atomic E-state index is 11.9. The lowest BCUT2D eigenvalue weighted by molar-refractivity contribution is 0.262. The lowest BCUT2D eigenvalue weighted by Crippen LogP contribution is -2.19. The number of para-hydroxylation sites is 1. The fourth-order valence-corrected chi connectivity index (χ4v) is 2.49. The molecule has 0 aliphatic heterocycles. The number of carbonyl (C=O) groups excluding carboxylic acids is 1. The Bertz CT molecular complexity index is 866. The Morgan fingerprint density at radius 1 is 0.960 bits per heavy atom. The van der Waals surface area contributed by atoms with Crippen LogP contribution in [0, 0.1) is 6.92 Å². The fourth-order valence-electron chi connectivity index (χ4n) is 2.26. The molecule has 3 rings (SSSR count). The Hall–Kier alpha value is -3.05. The minimum atomic E-state index is -0.340. The number of halogens is 1. The number of benzene rings is 2. The van der Waals surface area contributed by atoms with Crippen LogP contribution < -0.4 is 16.0 Å². The van der Waals surface area contributed by atoms with E-state index < -0.39 is 0 Å². The highest BCUT2D eigenvalue weighted by molar-refractivity contribution is 6.30. The van der Waals surface area contributed by atoms with E-state index in [1.54, 1.807) is 12.3 Å². The van der Waals surface area contributed by atoms with E-state index >= 15 is 0 Å². The average Bonchev–Trinajstić information content (AvgIpc) is 2.60. The van der Waals surface area contributed by atoms with Crippen molar-refractivity contribution in [3.63, 3.8) is 0 Å². The van der Waals surface area contributed by atoms with Gasteiger partial charge in [0.05, 0.1) is 11.9 Å². The molecule has 25 heavy (non-hydrogen) atoms. The van der Waals surface area contributed by atoms with Crippen molar-refractivity contribution in [3.8, 4) is 0 Å². The van der Waals surface area contributed by atoms with Crippen LogP contribution in [0.4, 0.5) is 27.7 Å². The Morgan fingerprint density at radius 3 is 2.44 bits per heavy atom. The van der Waals surface area contributed by atoms with Crippen molar-refractivity contribution < 1.29 is 4.79 Å². The molecule has 126 valence electrons. The van der Waals surface area contributed by atoms with Crippen molar-refractivity contribution in [1.82, 2.24) is 4.98 Å². The van der Waals surface area contributed by atoms with E-state index in [4.69, 9.17) is 11.6 Å². The first kappa shape index (κ1) is 16.8. The number of rotatable bonds is 4. The number of anilines is 4. The number of urea groups is 1. The van der Waals surface area contributed by atoms with E-state index in [-0.39, 0.29) is 6.03 Å². The van der Waals surface area contributed by atoms with Crippen LogP contribution >= 0.6 is 11.6 Å². The normalized spacial score (nSPS) is 10.2. The molecule has 0 bridgehead atoms. The molecule has 3 aromatic rings. The van der Waals surface area contributed by atoms with Gasteiger partial charge in [-0.25, -0.2) is 9.78 Å². The number of hydrogen-bond acceptors (Lipinski definition) is 3. The quantitative estimate of drug-likeness (QED) is 0.586. The molecule has 0 unspecified atom stereocenters. The monoisotopic (exact) mass is 352 g/mol. The Kier molecular flexibility index (Phi) is 5.16. The summed E-state index contributed by atoms with van der Waals surface area (Å²) >= 11 is 5.96. The number of aromatic nitrogens is 1. The molecule has 2 aromatic carbocycles. The molecule has 0 aliphatic carbocycles. The molecule has 0 fully saturated rings. The van der Waals surface area contributed by atoms with Crippen molar-refractivity contribution >= 4 is 40.5 Å². The highest BCUT2D eigenvalue weighted by Gasteiger charge is 2.04. The summed E-state index contributed by atoms with van der Waals surface area (Å²) < 4.78 is 0. The second-order valence-corrected chi connectivity index (χ2v) is 5.90. The lowest BCUT2D eigenvalue weighted by atomic mass is 10.2. The van der Waals surface area contributed by atoms with Gasteiger partial charge in [-0.15, -0.1) is 0 Å². The molecule has 0 aliphatic rings. The smallest absolute Gasteiger partial charge is 0.324 e. The van der Waals surface area contributed by atoms with E-state index in [1.165, 1.54) is 0 Å².